The van der Waals surface area contributed by atoms with E-state index in [0.717, 1.165) is 30.0 Å². The van der Waals surface area contributed by atoms with Gasteiger partial charge in [0.2, 0.25) is 0 Å². The highest BCUT2D eigenvalue weighted by Crippen LogP contribution is 2.32. The number of pyridine rings is 1. The Morgan fingerprint density at radius 1 is 1.11 bits per heavy atom. The molecule has 0 atom stereocenters. The smallest absolute Gasteiger partial charge is 0.328 e. The van der Waals surface area contributed by atoms with Crippen molar-refractivity contribution in [2.45, 2.75) is 6.42 Å². The number of hydrogen-bond donors (Lipinski definition) is 1. The van der Waals surface area contributed by atoms with E-state index in [9.17, 15) is 4.79 Å². The Morgan fingerprint density at radius 2 is 2.00 bits per heavy atom. The highest BCUT2D eigenvalue weighted by atomic mass is 16.2. The number of hydrogen-bond acceptors (Lipinski definition) is 6. The third-order valence-corrected chi connectivity index (χ3v) is 4.52. The molecule has 1 aliphatic rings. The van der Waals surface area contributed by atoms with E-state index in [1.807, 2.05) is 32.3 Å². The van der Waals surface area contributed by atoms with Crippen molar-refractivity contribution in [3.63, 3.8) is 0 Å². The van der Waals surface area contributed by atoms with Gasteiger partial charge in [-0.3, -0.25) is 19.9 Å². The van der Waals surface area contributed by atoms with E-state index in [1.54, 1.807) is 28.2 Å². The quantitative estimate of drug-likeness (QED) is 0.749. The van der Waals surface area contributed by atoms with Crippen LogP contribution in [-0.2, 0) is 7.05 Å². The molecule has 1 N–H and O–H groups in total. The van der Waals surface area contributed by atoms with Crippen LogP contribution in [0.2, 0.25) is 0 Å². The number of carbonyl (C=O) groups is 1. The molecule has 9 heteroatoms. The van der Waals surface area contributed by atoms with Gasteiger partial charge in [-0.2, -0.15) is 5.10 Å². The van der Waals surface area contributed by atoms with Gasteiger partial charge in [-0.1, -0.05) is 0 Å². The number of aryl methyl sites for hydroxylation is 1. The first-order valence-corrected chi connectivity index (χ1v) is 8.68. The number of fused-ring (bicyclic) bond motifs is 1. The molecule has 0 aromatic carbocycles. The maximum Gasteiger partial charge on any atom is 0.328 e. The molecule has 0 saturated heterocycles. The number of urea groups is 1. The lowest BCUT2D eigenvalue weighted by Crippen LogP contribution is -2.36. The Kier molecular flexibility index (Phi) is 4.41. The number of aromatic nitrogens is 5. The summed E-state index contributed by atoms with van der Waals surface area (Å²) in [6, 6.07) is 5.58. The summed E-state index contributed by atoms with van der Waals surface area (Å²) in [5.74, 6) is 1.03. The largest absolute Gasteiger partial charge is 0.372 e. The van der Waals surface area contributed by atoms with Crippen LogP contribution in [0.15, 0.2) is 43.0 Å². The average Bonchev–Trinajstić information content (AvgIpc) is 3.03. The van der Waals surface area contributed by atoms with E-state index in [2.05, 4.69) is 25.3 Å². The Labute approximate surface area is 156 Å². The van der Waals surface area contributed by atoms with Crippen molar-refractivity contribution in [1.29, 1.82) is 0 Å². The lowest BCUT2D eigenvalue weighted by atomic mass is 10.2. The van der Waals surface area contributed by atoms with Gasteiger partial charge in [-0.25, -0.2) is 14.8 Å². The highest BCUT2D eigenvalue weighted by Gasteiger charge is 2.26. The Balaban J connectivity index is 1.72. The number of carbonyl (C=O) groups excluding carboxylic acids is 1. The summed E-state index contributed by atoms with van der Waals surface area (Å²) in [6.07, 6.45) is 7.18. The van der Waals surface area contributed by atoms with E-state index in [0.29, 0.717) is 18.2 Å². The summed E-state index contributed by atoms with van der Waals surface area (Å²) in [6.45, 7) is 1.40. The van der Waals surface area contributed by atoms with Crippen molar-refractivity contribution >= 4 is 23.4 Å². The Bertz CT molecular complexity index is 955. The molecule has 0 spiro atoms. The summed E-state index contributed by atoms with van der Waals surface area (Å²) < 4.78 is 1.76. The summed E-state index contributed by atoms with van der Waals surface area (Å²) in [7, 11) is 3.88. The number of anilines is 3. The van der Waals surface area contributed by atoms with E-state index in [-0.39, 0.29) is 6.03 Å². The topological polar surface area (TPSA) is 92.1 Å². The predicted octanol–water partition coefficient (Wildman–Crippen LogP) is 2.15. The zero-order chi connectivity index (χ0) is 18.8. The lowest BCUT2D eigenvalue weighted by Gasteiger charge is -2.24. The van der Waals surface area contributed by atoms with Crippen molar-refractivity contribution in [3.8, 4) is 11.4 Å². The number of amides is 2. The van der Waals surface area contributed by atoms with Crippen LogP contribution in [0.25, 0.3) is 11.4 Å². The molecule has 0 bridgehead atoms. The van der Waals surface area contributed by atoms with E-state index in [1.165, 1.54) is 6.20 Å². The Hall–Kier alpha value is -3.49. The second-order valence-corrected chi connectivity index (χ2v) is 6.33. The molecule has 0 aliphatic carbocycles. The lowest BCUT2D eigenvalue weighted by molar-refractivity contribution is 0.256. The molecule has 3 aromatic heterocycles. The fourth-order valence-electron chi connectivity index (χ4n) is 3.14. The second-order valence-electron chi connectivity index (χ2n) is 6.33. The molecule has 0 fully saturated rings. The maximum atomic E-state index is 12.9. The molecule has 3 aromatic rings. The molecule has 0 unspecified atom stereocenters. The first-order chi connectivity index (χ1) is 13.1. The third kappa shape index (κ3) is 3.31. The zero-order valence-electron chi connectivity index (χ0n) is 15.2. The van der Waals surface area contributed by atoms with E-state index < -0.39 is 0 Å². The summed E-state index contributed by atoms with van der Waals surface area (Å²) in [4.78, 5) is 29.6. The van der Waals surface area contributed by atoms with Gasteiger partial charge in [-0.05, 0) is 24.6 Å². The molecule has 0 radical (unpaired) electrons. The molecular weight excluding hydrogens is 344 g/mol. The summed E-state index contributed by atoms with van der Waals surface area (Å²) >= 11 is 0. The fraction of sp³-hybridized carbons (Fsp3) is 0.278. The van der Waals surface area contributed by atoms with Crippen molar-refractivity contribution in [2.75, 3.05) is 35.3 Å². The van der Waals surface area contributed by atoms with Gasteiger partial charge >= 0.3 is 6.03 Å². The van der Waals surface area contributed by atoms with Gasteiger partial charge in [0.1, 0.15) is 0 Å². The summed E-state index contributed by atoms with van der Waals surface area (Å²) in [5.41, 5.74) is 2.56. The highest BCUT2D eigenvalue weighted by molar-refractivity contribution is 6.02. The molecule has 138 valence electrons. The standard InChI is InChI=1S/C18H20N8O/c1-24-10-3-11-26(18(27)23-16-12-19-8-9-20-16)17-15(24)5-4-13(22-17)14-6-7-21-25(14)2/h4-9,12H,3,10-11H2,1-2H3,(H,20,23,27). The first kappa shape index (κ1) is 17.0. The van der Waals surface area contributed by atoms with Crippen molar-refractivity contribution in [2.24, 2.45) is 7.05 Å². The van der Waals surface area contributed by atoms with Gasteiger partial charge in [-0.15, -0.1) is 0 Å². The van der Waals surface area contributed by atoms with Crippen LogP contribution in [0.4, 0.5) is 22.1 Å². The van der Waals surface area contributed by atoms with Crippen molar-refractivity contribution in [1.82, 2.24) is 24.7 Å². The van der Waals surface area contributed by atoms with E-state index in [4.69, 9.17) is 4.98 Å². The van der Waals surface area contributed by atoms with Crippen molar-refractivity contribution < 1.29 is 4.79 Å². The third-order valence-electron chi connectivity index (χ3n) is 4.52. The minimum Gasteiger partial charge on any atom is -0.372 e. The SMILES string of the molecule is CN1CCCN(C(=O)Nc2cnccn2)c2nc(-c3ccnn3C)ccc21. The molecule has 27 heavy (non-hydrogen) atoms. The van der Waals surface area contributed by atoms with Gasteiger partial charge in [0.05, 0.1) is 23.3 Å². The van der Waals surface area contributed by atoms with Crippen LogP contribution in [0.3, 0.4) is 0 Å². The van der Waals surface area contributed by atoms with Crippen LogP contribution in [0, 0.1) is 0 Å². The van der Waals surface area contributed by atoms with Gasteiger partial charge in [0.15, 0.2) is 11.6 Å². The van der Waals surface area contributed by atoms with Crippen LogP contribution < -0.4 is 15.1 Å². The molecule has 2 amide bonds. The molecule has 0 saturated carbocycles. The second kappa shape index (κ2) is 7.02. The summed E-state index contributed by atoms with van der Waals surface area (Å²) in [5, 5.41) is 7.00. The van der Waals surface area contributed by atoms with Crippen LogP contribution in [0.5, 0.6) is 0 Å². The minimum atomic E-state index is -0.276. The minimum absolute atomic E-state index is 0.276. The van der Waals surface area contributed by atoms with Gasteiger partial charge in [0, 0.05) is 45.8 Å². The first-order valence-electron chi connectivity index (χ1n) is 8.68. The van der Waals surface area contributed by atoms with Crippen molar-refractivity contribution in [3.05, 3.63) is 43.0 Å². The number of nitrogens with one attached hydrogen (secondary N) is 1. The number of rotatable bonds is 2. The normalized spacial score (nSPS) is 13.9. The van der Waals surface area contributed by atoms with Crippen LogP contribution in [-0.4, -0.2) is 50.9 Å². The number of nitrogens with zero attached hydrogens (tertiary/aromatic N) is 7. The van der Waals surface area contributed by atoms with E-state index >= 15 is 0 Å². The molecule has 4 heterocycles. The molecular formula is C18H20N8O. The van der Waals surface area contributed by atoms with Gasteiger partial charge in [0.25, 0.3) is 0 Å². The molecule has 9 nitrogen and oxygen atoms in total. The van der Waals surface area contributed by atoms with Crippen LogP contribution >= 0.6 is 0 Å². The molecule has 4 rings (SSSR count). The fourth-order valence-corrected chi connectivity index (χ4v) is 3.14. The Morgan fingerprint density at radius 3 is 2.74 bits per heavy atom. The van der Waals surface area contributed by atoms with Gasteiger partial charge < -0.3 is 4.90 Å². The average molecular weight is 364 g/mol. The monoisotopic (exact) mass is 364 g/mol. The molecule has 1 aliphatic heterocycles. The van der Waals surface area contributed by atoms with Crippen LogP contribution in [0.1, 0.15) is 6.42 Å². The maximum absolute atomic E-state index is 12.9. The zero-order valence-corrected chi connectivity index (χ0v) is 15.2. The predicted molar refractivity (Wildman–Crippen MR) is 103 cm³/mol.